The first kappa shape index (κ1) is 45.3. The largest absolute Gasteiger partial charge is 0.488 e. The average molecular weight is 914 g/mol. The third-order valence-corrected chi connectivity index (χ3v) is 8.99. The number of pyridine rings is 2. The van der Waals surface area contributed by atoms with Crippen LogP contribution >= 0.6 is 15.9 Å². The zero-order valence-corrected chi connectivity index (χ0v) is 37.4. The highest BCUT2D eigenvalue weighted by Crippen LogP contribution is 2.35. The third-order valence-electron chi connectivity index (χ3n) is 8.52. The minimum atomic E-state index is -0.645. The van der Waals surface area contributed by atoms with Crippen LogP contribution in [-0.2, 0) is 22.7 Å². The molecule has 8 aromatic rings. The third kappa shape index (κ3) is 12.9. The molecule has 0 spiro atoms. The van der Waals surface area contributed by atoms with Crippen LogP contribution < -0.4 is 20.5 Å². The number of anilines is 3. The lowest BCUT2D eigenvalue weighted by Crippen LogP contribution is -2.27. The van der Waals surface area contributed by atoms with Crippen molar-refractivity contribution in [2.45, 2.75) is 66.0 Å². The van der Waals surface area contributed by atoms with Crippen LogP contribution in [0.1, 0.15) is 52.7 Å². The predicted molar refractivity (Wildman–Crippen MR) is 248 cm³/mol. The number of nitrogens with one attached hydrogen (secondary N) is 1. The molecule has 0 aliphatic heterocycles. The van der Waals surface area contributed by atoms with E-state index in [2.05, 4.69) is 41.4 Å². The Morgan fingerprint density at radius 2 is 1.10 bits per heavy atom. The van der Waals surface area contributed by atoms with E-state index < -0.39 is 23.4 Å². The van der Waals surface area contributed by atoms with E-state index in [0.29, 0.717) is 52.3 Å². The van der Waals surface area contributed by atoms with Crippen molar-refractivity contribution in [1.82, 2.24) is 29.5 Å². The Labute approximate surface area is 374 Å². The quantitative estimate of drug-likeness (QED) is 0.148. The van der Waals surface area contributed by atoms with Crippen molar-refractivity contribution in [2.24, 2.45) is 0 Å². The maximum absolute atomic E-state index is 12.8. The monoisotopic (exact) mass is 912 g/mol. The molecule has 3 N–H and O–H groups in total. The number of nitrogen functional groups attached to an aromatic ring is 1. The molecule has 324 valence electrons. The molecule has 0 aliphatic rings. The van der Waals surface area contributed by atoms with Crippen LogP contribution in [-0.4, -0.2) is 52.9 Å². The van der Waals surface area contributed by atoms with Crippen LogP contribution in [0.5, 0.6) is 11.5 Å². The number of hydrogen-bond donors (Lipinski definition) is 2. The molecule has 0 bridgehead atoms. The average Bonchev–Trinajstić information content (AvgIpc) is 3.81. The molecule has 0 amide bonds. The summed E-state index contributed by atoms with van der Waals surface area (Å²) in [5.74, 6) is 1.90. The van der Waals surface area contributed by atoms with Crippen molar-refractivity contribution in [2.75, 3.05) is 11.1 Å². The van der Waals surface area contributed by atoms with E-state index in [1.54, 1.807) is 57.7 Å². The van der Waals surface area contributed by atoms with Gasteiger partial charge in [-0.25, -0.2) is 9.59 Å². The van der Waals surface area contributed by atoms with Gasteiger partial charge >= 0.3 is 12.2 Å². The van der Waals surface area contributed by atoms with Crippen molar-refractivity contribution in [3.05, 3.63) is 162 Å². The second-order valence-corrected chi connectivity index (χ2v) is 16.8. The van der Waals surface area contributed by atoms with Gasteiger partial charge in [0.1, 0.15) is 35.9 Å². The van der Waals surface area contributed by atoms with Gasteiger partial charge in [-0.15, -0.1) is 10.2 Å². The number of carbonyl (C=O) groups is 2. The molecule has 15 heteroatoms. The zero-order valence-electron chi connectivity index (χ0n) is 35.9. The fourth-order valence-electron chi connectivity index (χ4n) is 5.91. The van der Waals surface area contributed by atoms with E-state index in [4.69, 9.17) is 24.7 Å². The van der Waals surface area contributed by atoms with Gasteiger partial charge in [-0.05, 0) is 117 Å². The number of nitrogens with zero attached hydrogens (tertiary/aromatic N) is 6. The van der Waals surface area contributed by atoms with Crippen LogP contribution in [0.3, 0.4) is 0 Å². The van der Waals surface area contributed by atoms with E-state index >= 15 is 0 Å². The lowest BCUT2D eigenvalue weighted by atomic mass is 10.2. The van der Waals surface area contributed by atoms with Crippen molar-refractivity contribution in [3.8, 4) is 11.5 Å². The van der Waals surface area contributed by atoms with E-state index in [-0.39, 0.29) is 5.82 Å². The summed E-state index contributed by atoms with van der Waals surface area (Å²) in [4.78, 5) is 33.2. The summed E-state index contributed by atoms with van der Waals surface area (Å²) in [7, 11) is 0. The number of halogens is 1. The number of benzene rings is 4. The molecule has 4 aromatic heterocycles. The lowest BCUT2D eigenvalue weighted by molar-refractivity contribution is 0.0512. The molecule has 0 aliphatic carbocycles. The second-order valence-electron chi connectivity index (χ2n) is 15.9. The highest BCUT2D eigenvalue weighted by Gasteiger charge is 2.25. The van der Waals surface area contributed by atoms with Gasteiger partial charge in [-0.2, -0.15) is 9.36 Å². The number of nitrogens with two attached hydrogens (primary N) is 1. The van der Waals surface area contributed by atoms with Crippen LogP contribution in [0.4, 0.5) is 26.9 Å². The van der Waals surface area contributed by atoms with Crippen LogP contribution in [0.2, 0.25) is 0 Å². The van der Waals surface area contributed by atoms with E-state index in [9.17, 15) is 9.59 Å². The molecule has 63 heavy (non-hydrogen) atoms. The number of ether oxygens (including phenoxy) is 4. The summed E-state index contributed by atoms with van der Waals surface area (Å²) in [6.45, 7) is 11.7. The van der Waals surface area contributed by atoms with Crippen molar-refractivity contribution in [1.29, 1.82) is 0 Å². The van der Waals surface area contributed by atoms with Crippen molar-refractivity contribution >= 4 is 67.2 Å². The number of rotatable bonds is 8. The van der Waals surface area contributed by atoms with E-state index in [1.807, 2.05) is 130 Å². The summed E-state index contributed by atoms with van der Waals surface area (Å²) >= 11 is 3.25. The highest BCUT2D eigenvalue weighted by molar-refractivity contribution is 9.10. The van der Waals surface area contributed by atoms with Gasteiger partial charge in [0.05, 0.1) is 33.7 Å². The Kier molecular flexibility index (Phi) is 14.8. The molecule has 0 saturated carbocycles. The van der Waals surface area contributed by atoms with Gasteiger partial charge in [0.25, 0.3) is 0 Å². The second kappa shape index (κ2) is 20.5. The Morgan fingerprint density at radius 1 is 0.603 bits per heavy atom. The summed E-state index contributed by atoms with van der Waals surface area (Å²) < 4.78 is 26.4. The smallest absolute Gasteiger partial charge is 0.435 e. The molecule has 4 aromatic carbocycles. The maximum atomic E-state index is 12.8. The Bertz CT molecular complexity index is 2740. The molecule has 14 nitrogen and oxygen atoms in total. The fourth-order valence-corrected chi connectivity index (χ4v) is 6.18. The molecule has 0 unspecified atom stereocenters. The molecule has 0 radical (unpaired) electrons. The van der Waals surface area contributed by atoms with Gasteiger partial charge in [-0.3, -0.25) is 9.97 Å². The van der Waals surface area contributed by atoms with Gasteiger partial charge < -0.3 is 30.0 Å². The van der Waals surface area contributed by atoms with Gasteiger partial charge in [0.2, 0.25) is 0 Å². The Morgan fingerprint density at radius 3 is 1.56 bits per heavy atom. The molecular formula is C48H49BrN8O6. The zero-order chi connectivity index (χ0) is 45.0. The first-order chi connectivity index (χ1) is 30.1. The SMILES string of the molecule is Brc1cccnc1.CC(C)(C)OC(=O)n1nc(N)c2c(OCc3ccccc3)cccc21.CC(C)(C)OC(=O)n1nc(Nc2cccnc2)c2c(OCc3ccccc3)cccc21. The maximum Gasteiger partial charge on any atom is 0.435 e. The molecule has 0 atom stereocenters. The van der Waals surface area contributed by atoms with Gasteiger partial charge in [0.15, 0.2) is 11.6 Å². The topological polar surface area (TPSA) is 171 Å². The molecule has 0 saturated heterocycles. The molecular weight excluding hydrogens is 864 g/mol. The number of carbonyl (C=O) groups excluding carboxylic acids is 2. The number of aromatic nitrogens is 6. The normalized spacial score (nSPS) is 11.1. The van der Waals surface area contributed by atoms with Crippen molar-refractivity contribution in [3.63, 3.8) is 0 Å². The van der Waals surface area contributed by atoms with Crippen molar-refractivity contribution < 1.29 is 28.5 Å². The summed E-state index contributed by atoms with van der Waals surface area (Å²) in [6.07, 6.45) is 5.74. The fraction of sp³-hybridized carbons (Fsp3) is 0.208. The first-order valence-electron chi connectivity index (χ1n) is 20.0. The van der Waals surface area contributed by atoms with E-state index in [0.717, 1.165) is 21.3 Å². The van der Waals surface area contributed by atoms with Crippen LogP contribution in [0.15, 0.2) is 151 Å². The highest BCUT2D eigenvalue weighted by atomic mass is 79.9. The molecule has 8 rings (SSSR count). The van der Waals surface area contributed by atoms with E-state index in [1.165, 1.54) is 9.36 Å². The van der Waals surface area contributed by atoms with Gasteiger partial charge in [0, 0.05) is 23.1 Å². The standard InChI is InChI=1S/C24H24N4O3.C19H21N3O3.C5H4BrN/c1-24(2,3)31-23(29)28-19-12-7-13-20(30-16-17-9-5-4-6-10-17)21(19)22(27-28)26-18-11-8-14-25-15-18;1-19(2,3)25-18(23)22-14-10-7-11-15(16(14)17(20)21-22)24-12-13-8-5-4-6-9-13;6-5-2-1-3-7-4-5/h4-15H,16H2,1-3H3,(H,26,27);4-11H,12H2,1-3H3,(H2,20,21);1-4H. The van der Waals surface area contributed by atoms with Crippen LogP contribution in [0, 0.1) is 0 Å². The van der Waals surface area contributed by atoms with Gasteiger partial charge in [-0.1, -0.05) is 72.8 Å². The summed E-state index contributed by atoms with van der Waals surface area (Å²) in [5, 5.41) is 13.2. The Balaban J connectivity index is 0.000000184. The lowest BCUT2D eigenvalue weighted by Gasteiger charge is -2.19. The molecule has 0 fully saturated rings. The first-order valence-corrected chi connectivity index (χ1v) is 20.8. The Hall–Kier alpha value is -7.26. The summed E-state index contributed by atoms with van der Waals surface area (Å²) in [5.41, 5.74) is 8.73. The number of fused-ring (bicyclic) bond motifs is 2. The molecule has 4 heterocycles. The summed E-state index contributed by atoms with van der Waals surface area (Å²) in [6, 6.07) is 38.1. The predicted octanol–water partition coefficient (Wildman–Crippen LogP) is 11.4. The minimum absolute atomic E-state index is 0.226. The number of hydrogen-bond acceptors (Lipinski definition) is 12. The minimum Gasteiger partial charge on any atom is -0.488 e. The van der Waals surface area contributed by atoms with Crippen LogP contribution in [0.25, 0.3) is 21.8 Å².